The van der Waals surface area contributed by atoms with E-state index in [1.54, 1.807) is 0 Å². The molecule has 0 saturated heterocycles. The van der Waals surface area contributed by atoms with Crippen molar-refractivity contribution >= 4 is 45.5 Å². The number of H-pyrrole nitrogens is 1. The second-order valence-corrected chi connectivity index (χ2v) is 10.4. The molecule has 1 aliphatic rings. The Morgan fingerprint density at radius 2 is 2.00 bits per heavy atom. The molecule has 2 amide bonds. The molecule has 1 aromatic heterocycles. The van der Waals surface area contributed by atoms with Crippen molar-refractivity contribution in [3.05, 3.63) is 62.9 Å². The number of urea groups is 1. The molecule has 1 aliphatic heterocycles. The third-order valence-electron chi connectivity index (χ3n) is 6.55. The first kappa shape index (κ1) is 28.2. The van der Waals surface area contributed by atoms with Crippen LogP contribution in [0.1, 0.15) is 42.6 Å². The van der Waals surface area contributed by atoms with E-state index < -0.39 is 6.10 Å². The highest BCUT2D eigenvalue weighted by Crippen LogP contribution is 2.39. The van der Waals surface area contributed by atoms with Gasteiger partial charge in [-0.05, 0) is 83.8 Å². The first-order chi connectivity index (χ1) is 18.4. The van der Waals surface area contributed by atoms with Crippen molar-refractivity contribution in [1.29, 1.82) is 0 Å². The Morgan fingerprint density at radius 3 is 2.74 bits per heavy atom. The number of fused-ring (bicyclic) bond motifs is 3. The van der Waals surface area contributed by atoms with Crippen LogP contribution in [-0.4, -0.2) is 73.1 Å². The average molecular weight is 635 g/mol. The summed E-state index contributed by atoms with van der Waals surface area (Å²) in [6, 6.07) is 13.6. The number of aliphatic hydroxyl groups excluding tert-OH is 1. The zero-order valence-corrected chi connectivity index (χ0v) is 23.8. The molecule has 2 heterocycles. The number of amides is 2. The number of rotatable bonds is 11. The molecule has 2 atom stereocenters. The Labute approximate surface area is 236 Å². The molecule has 4 rings (SSSR count). The summed E-state index contributed by atoms with van der Waals surface area (Å²) >= 11 is 2.33. The van der Waals surface area contributed by atoms with Gasteiger partial charge in [-0.2, -0.15) is 0 Å². The van der Waals surface area contributed by atoms with Crippen LogP contribution in [0.5, 0.6) is 5.75 Å². The molecule has 10 heteroatoms. The molecule has 3 aromatic rings. The zero-order chi connectivity index (χ0) is 27.1. The van der Waals surface area contributed by atoms with E-state index in [0.717, 1.165) is 23.2 Å². The number of aliphatic hydroxyl groups is 1. The highest BCUT2D eigenvalue weighted by molar-refractivity contribution is 14.1. The van der Waals surface area contributed by atoms with Crippen molar-refractivity contribution in [1.82, 2.24) is 15.2 Å². The van der Waals surface area contributed by atoms with Crippen molar-refractivity contribution in [2.24, 2.45) is 0 Å². The number of nitrogens with one attached hydrogen (secondary N) is 2. The van der Waals surface area contributed by atoms with Crippen molar-refractivity contribution < 1.29 is 28.9 Å². The molecule has 3 N–H and O–H groups in total. The van der Waals surface area contributed by atoms with Crippen LogP contribution in [0.25, 0.3) is 10.9 Å². The minimum atomic E-state index is -0.798. The van der Waals surface area contributed by atoms with Gasteiger partial charge in [-0.1, -0.05) is 12.1 Å². The standard InChI is InChI=1S/C28H34IN3O6/c1-3-30-28(35)32-13-12-22-23-16-19(29)6-10-24(23)31-26(22)27(32)18-4-8-21(9-5-18)38-17-20(33)7-11-25(34)37-15-14-36-2/h4-6,8-10,16,20,27,31,33H,3,7,11-15,17H2,1-2H3,(H,30,35). The minimum Gasteiger partial charge on any atom is -0.491 e. The number of carbonyl (C=O) groups is 2. The van der Waals surface area contributed by atoms with Crippen LogP contribution in [0.15, 0.2) is 42.5 Å². The SMILES string of the molecule is CCNC(=O)N1CCc2c([nH]c3ccc(I)cc23)C1c1ccc(OCC(O)CCC(=O)OCCOC)cc1. The first-order valence-electron chi connectivity index (χ1n) is 12.8. The lowest BCUT2D eigenvalue weighted by Gasteiger charge is -2.36. The number of hydrogen-bond acceptors (Lipinski definition) is 6. The maximum Gasteiger partial charge on any atom is 0.318 e. The quantitative estimate of drug-likeness (QED) is 0.166. The number of esters is 1. The van der Waals surface area contributed by atoms with Gasteiger partial charge in [0, 0.05) is 46.8 Å². The van der Waals surface area contributed by atoms with Gasteiger partial charge in [-0.25, -0.2) is 4.79 Å². The molecule has 0 fully saturated rings. The average Bonchev–Trinajstić information content (AvgIpc) is 3.28. The number of methoxy groups -OCH3 is 1. The van der Waals surface area contributed by atoms with E-state index in [1.807, 2.05) is 36.1 Å². The predicted octanol–water partition coefficient (Wildman–Crippen LogP) is 4.16. The Bertz CT molecular complexity index is 1250. The van der Waals surface area contributed by atoms with E-state index in [2.05, 4.69) is 51.1 Å². The molecule has 2 unspecified atom stereocenters. The fraction of sp³-hybridized carbons (Fsp3) is 0.429. The molecule has 0 aliphatic carbocycles. The van der Waals surface area contributed by atoms with Gasteiger partial charge < -0.3 is 34.5 Å². The fourth-order valence-corrected chi connectivity index (χ4v) is 5.19. The lowest BCUT2D eigenvalue weighted by Crippen LogP contribution is -2.46. The number of halogens is 1. The summed E-state index contributed by atoms with van der Waals surface area (Å²) in [5.74, 6) is 0.225. The van der Waals surface area contributed by atoms with Gasteiger partial charge in [0.2, 0.25) is 0 Å². The number of aromatic amines is 1. The number of ether oxygens (including phenoxy) is 3. The Kier molecular flexibility index (Phi) is 9.86. The maximum absolute atomic E-state index is 13.0. The van der Waals surface area contributed by atoms with Crippen molar-refractivity contribution in [3.8, 4) is 5.75 Å². The normalized spacial score (nSPS) is 15.7. The molecular formula is C28H34IN3O6. The molecule has 0 radical (unpaired) electrons. The van der Waals surface area contributed by atoms with Gasteiger partial charge >= 0.3 is 12.0 Å². The van der Waals surface area contributed by atoms with Crippen LogP contribution in [-0.2, 0) is 20.7 Å². The summed E-state index contributed by atoms with van der Waals surface area (Å²) in [5, 5.41) is 14.4. The zero-order valence-electron chi connectivity index (χ0n) is 21.7. The molecule has 2 aromatic carbocycles. The smallest absolute Gasteiger partial charge is 0.318 e. The third-order valence-corrected chi connectivity index (χ3v) is 7.22. The van der Waals surface area contributed by atoms with Crippen LogP contribution >= 0.6 is 22.6 Å². The van der Waals surface area contributed by atoms with Gasteiger partial charge in [-0.15, -0.1) is 0 Å². The summed E-state index contributed by atoms with van der Waals surface area (Å²) in [5.41, 5.74) is 4.30. The van der Waals surface area contributed by atoms with Gasteiger partial charge in [0.05, 0.1) is 18.8 Å². The van der Waals surface area contributed by atoms with Crippen LogP contribution in [0.4, 0.5) is 4.79 Å². The highest BCUT2D eigenvalue weighted by Gasteiger charge is 2.34. The van der Waals surface area contributed by atoms with Gasteiger partial charge in [0.1, 0.15) is 19.0 Å². The fourth-order valence-electron chi connectivity index (χ4n) is 4.70. The summed E-state index contributed by atoms with van der Waals surface area (Å²) in [7, 11) is 1.54. The van der Waals surface area contributed by atoms with Crippen molar-refractivity contribution in [3.63, 3.8) is 0 Å². The third kappa shape index (κ3) is 6.78. The highest BCUT2D eigenvalue weighted by atomic mass is 127. The van der Waals surface area contributed by atoms with E-state index in [-0.39, 0.29) is 44.1 Å². The van der Waals surface area contributed by atoms with Crippen LogP contribution < -0.4 is 10.1 Å². The number of hydrogen-bond donors (Lipinski definition) is 3. The number of carbonyl (C=O) groups excluding carboxylic acids is 2. The summed E-state index contributed by atoms with van der Waals surface area (Å²) in [6.07, 6.45) is 0.335. The molecule has 0 saturated carbocycles. The van der Waals surface area contributed by atoms with Crippen LogP contribution in [0.3, 0.4) is 0 Å². The lowest BCUT2D eigenvalue weighted by atomic mass is 9.92. The van der Waals surface area contributed by atoms with Gasteiger partial charge in [0.25, 0.3) is 0 Å². The van der Waals surface area contributed by atoms with E-state index in [1.165, 1.54) is 21.6 Å². The summed E-state index contributed by atoms with van der Waals surface area (Å²) in [4.78, 5) is 30.1. The van der Waals surface area contributed by atoms with E-state index >= 15 is 0 Å². The molecule has 9 nitrogen and oxygen atoms in total. The Morgan fingerprint density at radius 1 is 1.21 bits per heavy atom. The Balaban J connectivity index is 1.46. The monoisotopic (exact) mass is 635 g/mol. The maximum atomic E-state index is 13.0. The summed E-state index contributed by atoms with van der Waals surface area (Å²) < 4.78 is 16.8. The number of aromatic nitrogens is 1. The Hall–Kier alpha value is -2.83. The topological polar surface area (TPSA) is 113 Å². The largest absolute Gasteiger partial charge is 0.491 e. The van der Waals surface area contributed by atoms with E-state index in [4.69, 9.17) is 14.2 Å². The van der Waals surface area contributed by atoms with Gasteiger partial charge in [-0.3, -0.25) is 4.79 Å². The minimum absolute atomic E-state index is 0.0595. The summed E-state index contributed by atoms with van der Waals surface area (Å²) in [6.45, 7) is 3.68. The first-order valence-corrected chi connectivity index (χ1v) is 13.9. The van der Waals surface area contributed by atoms with Crippen LogP contribution in [0.2, 0.25) is 0 Å². The van der Waals surface area contributed by atoms with Gasteiger partial charge in [0.15, 0.2) is 0 Å². The number of benzene rings is 2. The van der Waals surface area contributed by atoms with Crippen LogP contribution in [0, 0.1) is 3.57 Å². The number of nitrogens with zero attached hydrogens (tertiary/aromatic N) is 1. The molecule has 0 bridgehead atoms. The molecular weight excluding hydrogens is 601 g/mol. The second-order valence-electron chi connectivity index (χ2n) is 9.17. The lowest BCUT2D eigenvalue weighted by molar-refractivity contribution is -0.145. The van der Waals surface area contributed by atoms with E-state index in [9.17, 15) is 14.7 Å². The second kappa shape index (κ2) is 13.3. The molecule has 204 valence electrons. The predicted molar refractivity (Wildman–Crippen MR) is 152 cm³/mol. The van der Waals surface area contributed by atoms with E-state index in [0.29, 0.717) is 25.4 Å². The molecule has 0 spiro atoms. The molecule has 38 heavy (non-hydrogen) atoms. The van der Waals surface area contributed by atoms with Crippen molar-refractivity contribution in [2.45, 2.75) is 38.3 Å². The van der Waals surface area contributed by atoms with Crippen molar-refractivity contribution in [2.75, 3.05) is 40.0 Å².